The van der Waals surface area contributed by atoms with Crippen molar-refractivity contribution in [1.82, 2.24) is 19.7 Å². The molecule has 1 fully saturated rings. The van der Waals surface area contributed by atoms with Crippen molar-refractivity contribution < 1.29 is 27.2 Å². The van der Waals surface area contributed by atoms with Crippen LogP contribution < -0.4 is 15.1 Å². The number of likely N-dealkylation sites (N-methyl/N-ethyl adjacent to an activating group) is 1. The van der Waals surface area contributed by atoms with Crippen molar-refractivity contribution in [3.63, 3.8) is 0 Å². The summed E-state index contributed by atoms with van der Waals surface area (Å²) < 4.78 is 54.8. The van der Waals surface area contributed by atoms with Gasteiger partial charge in [0, 0.05) is 38.6 Å². The minimum Gasteiger partial charge on any atom is -0.352 e. The number of amides is 3. The molecule has 35 heavy (non-hydrogen) atoms. The lowest BCUT2D eigenvalue weighted by molar-refractivity contribution is -0.140. The fourth-order valence-electron chi connectivity index (χ4n) is 3.97. The number of pyridine rings is 1. The summed E-state index contributed by atoms with van der Waals surface area (Å²) in [6.07, 6.45) is -4.92. The van der Waals surface area contributed by atoms with E-state index in [0.717, 1.165) is 19.2 Å². The number of nitrogens with one attached hydrogen (secondary N) is 1. The number of carbonyl (C=O) groups is 2. The average molecular weight is 493 g/mol. The first-order chi connectivity index (χ1) is 16.5. The lowest BCUT2D eigenvalue weighted by Gasteiger charge is -2.34. The van der Waals surface area contributed by atoms with Crippen molar-refractivity contribution in [2.24, 2.45) is 7.05 Å². The molecule has 1 aromatic carbocycles. The average Bonchev–Trinajstić information content (AvgIpc) is 3.07. The zero-order chi connectivity index (χ0) is 25.5. The lowest BCUT2D eigenvalue weighted by atomic mass is 10.1. The van der Waals surface area contributed by atoms with Crippen LogP contribution in [0.4, 0.5) is 39.5 Å². The number of aryl methyl sites for hydroxylation is 2. The van der Waals surface area contributed by atoms with Crippen LogP contribution in [0.5, 0.6) is 0 Å². The van der Waals surface area contributed by atoms with Gasteiger partial charge in [-0.15, -0.1) is 0 Å². The molecule has 1 N–H and O–H groups in total. The number of fused-ring (bicyclic) bond motifs is 1. The Bertz CT molecular complexity index is 1280. The molecule has 9 nitrogen and oxygen atoms in total. The standard InChI is InChI=1S/C22H23F4N7O2/c1-13-15-11-18(20(28-19(15)31(3)29-13)32-8-6-30(2)7-9-32)27-21(35)33(12-34)14-4-5-17(23)16(10-14)22(24,25)26/h4-5,10-12H,6-9H2,1-3H3,(H,27,35). The van der Waals surface area contributed by atoms with Crippen LogP contribution in [0.15, 0.2) is 24.3 Å². The molecule has 0 unspecified atom stereocenters. The number of halogens is 4. The van der Waals surface area contributed by atoms with E-state index in [4.69, 9.17) is 4.98 Å². The predicted octanol–water partition coefficient (Wildman–Crippen LogP) is 3.38. The van der Waals surface area contributed by atoms with E-state index >= 15 is 0 Å². The molecule has 4 rings (SSSR count). The van der Waals surface area contributed by atoms with Gasteiger partial charge in [0.25, 0.3) is 0 Å². The first-order valence-electron chi connectivity index (χ1n) is 10.7. The number of anilines is 3. The maximum Gasteiger partial charge on any atom is 0.419 e. The van der Waals surface area contributed by atoms with E-state index in [-0.39, 0.29) is 12.1 Å². The summed E-state index contributed by atoms with van der Waals surface area (Å²) in [4.78, 5) is 34.0. The second kappa shape index (κ2) is 9.13. The normalized spacial score (nSPS) is 14.9. The Hall–Kier alpha value is -3.74. The van der Waals surface area contributed by atoms with Crippen LogP contribution in [0.1, 0.15) is 11.3 Å². The molecule has 0 saturated carbocycles. The molecule has 0 aliphatic carbocycles. The fraction of sp³-hybridized carbons (Fsp3) is 0.364. The number of alkyl halides is 3. The molecule has 0 spiro atoms. The van der Waals surface area contributed by atoms with Gasteiger partial charge in [0.15, 0.2) is 11.5 Å². The molecule has 1 aliphatic rings. The Labute approximate surface area is 197 Å². The van der Waals surface area contributed by atoms with Crippen LogP contribution in [-0.4, -0.2) is 65.3 Å². The van der Waals surface area contributed by atoms with Gasteiger partial charge in [0.2, 0.25) is 6.41 Å². The molecule has 2 aromatic heterocycles. The van der Waals surface area contributed by atoms with Crippen molar-refractivity contribution >= 4 is 40.7 Å². The number of carbonyl (C=O) groups excluding carboxylic acids is 2. The van der Waals surface area contributed by atoms with E-state index in [0.29, 0.717) is 52.7 Å². The van der Waals surface area contributed by atoms with E-state index < -0.39 is 29.3 Å². The molecular formula is C22H23F4N7O2. The van der Waals surface area contributed by atoms with Gasteiger partial charge in [0.05, 0.1) is 22.6 Å². The van der Waals surface area contributed by atoms with Crippen LogP contribution in [-0.2, 0) is 18.0 Å². The first-order valence-corrected chi connectivity index (χ1v) is 10.7. The second-order valence-electron chi connectivity index (χ2n) is 8.30. The largest absolute Gasteiger partial charge is 0.419 e. The zero-order valence-electron chi connectivity index (χ0n) is 19.2. The Morgan fingerprint density at radius 1 is 1.14 bits per heavy atom. The zero-order valence-corrected chi connectivity index (χ0v) is 19.2. The van der Waals surface area contributed by atoms with Crippen LogP contribution in [0.2, 0.25) is 0 Å². The second-order valence-corrected chi connectivity index (χ2v) is 8.30. The van der Waals surface area contributed by atoms with Crippen molar-refractivity contribution in [2.45, 2.75) is 13.1 Å². The third kappa shape index (κ3) is 4.76. The maximum absolute atomic E-state index is 13.7. The van der Waals surface area contributed by atoms with Gasteiger partial charge in [-0.05, 0) is 38.2 Å². The van der Waals surface area contributed by atoms with Gasteiger partial charge in [-0.25, -0.2) is 19.1 Å². The predicted molar refractivity (Wildman–Crippen MR) is 122 cm³/mol. The highest BCUT2D eigenvalue weighted by molar-refractivity contribution is 6.13. The fourth-order valence-corrected chi connectivity index (χ4v) is 3.97. The quantitative estimate of drug-likeness (QED) is 0.443. The smallest absolute Gasteiger partial charge is 0.352 e. The minimum absolute atomic E-state index is 0.0690. The van der Waals surface area contributed by atoms with Crippen LogP contribution in [0.25, 0.3) is 11.0 Å². The van der Waals surface area contributed by atoms with E-state index in [1.54, 1.807) is 24.7 Å². The molecule has 0 radical (unpaired) electrons. The number of aromatic nitrogens is 3. The molecule has 1 aliphatic heterocycles. The van der Waals surface area contributed by atoms with Gasteiger partial charge >= 0.3 is 12.2 Å². The van der Waals surface area contributed by atoms with Gasteiger partial charge in [0.1, 0.15) is 5.82 Å². The topological polar surface area (TPSA) is 86.6 Å². The van der Waals surface area contributed by atoms with Crippen LogP contribution >= 0.6 is 0 Å². The van der Waals surface area contributed by atoms with E-state index in [2.05, 4.69) is 15.3 Å². The van der Waals surface area contributed by atoms with Crippen LogP contribution in [0, 0.1) is 12.7 Å². The molecule has 13 heteroatoms. The Morgan fingerprint density at radius 3 is 2.46 bits per heavy atom. The number of rotatable bonds is 4. The molecule has 0 atom stereocenters. The summed E-state index contributed by atoms with van der Waals surface area (Å²) >= 11 is 0. The number of nitrogens with zero attached hydrogens (tertiary/aromatic N) is 6. The van der Waals surface area contributed by atoms with Crippen molar-refractivity contribution in [3.05, 3.63) is 41.3 Å². The van der Waals surface area contributed by atoms with Gasteiger partial charge in [-0.3, -0.25) is 9.48 Å². The SMILES string of the molecule is Cc1nn(C)c2nc(N3CCN(C)CC3)c(NC(=O)N(C=O)c3ccc(F)c(C(F)(F)F)c3)cc12. The van der Waals surface area contributed by atoms with E-state index in [1.807, 2.05) is 11.9 Å². The summed E-state index contributed by atoms with van der Waals surface area (Å²) in [5.41, 5.74) is -0.486. The van der Waals surface area contributed by atoms with Gasteiger partial charge in [-0.1, -0.05) is 0 Å². The number of piperazine rings is 1. The summed E-state index contributed by atoms with van der Waals surface area (Å²) in [5.74, 6) is -1.06. The highest BCUT2D eigenvalue weighted by Crippen LogP contribution is 2.34. The molecule has 0 bridgehead atoms. The Kier molecular flexibility index (Phi) is 6.36. The maximum atomic E-state index is 13.7. The summed E-state index contributed by atoms with van der Waals surface area (Å²) in [5, 5.41) is 7.62. The molecule has 3 amide bonds. The summed E-state index contributed by atoms with van der Waals surface area (Å²) in [6, 6.07) is 2.55. The third-order valence-electron chi connectivity index (χ3n) is 5.88. The van der Waals surface area contributed by atoms with Crippen molar-refractivity contribution in [2.75, 3.05) is 48.3 Å². The highest BCUT2D eigenvalue weighted by atomic mass is 19.4. The van der Waals surface area contributed by atoms with Crippen molar-refractivity contribution in [3.8, 4) is 0 Å². The third-order valence-corrected chi connectivity index (χ3v) is 5.88. The Morgan fingerprint density at radius 2 is 1.83 bits per heavy atom. The van der Waals surface area contributed by atoms with Crippen LogP contribution in [0.3, 0.4) is 0 Å². The van der Waals surface area contributed by atoms with Gasteiger partial charge in [-0.2, -0.15) is 18.3 Å². The number of hydrogen-bond donors (Lipinski definition) is 1. The molecule has 186 valence electrons. The number of urea groups is 1. The number of imide groups is 1. The molecule has 3 aromatic rings. The summed E-state index contributed by atoms with van der Waals surface area (Å²) in [6.45, 7) is 4.54. The first kappa shape index (κ1) is 24.4. The Balaban J connectivity index is 1.72. The molecule has 3 heterocycles. The lowest BCUT2D eigenvalue weighted by Crippen LogP contribution is -2.45. The van der Waals surface area contributed by atoms with Gasteiger partial charge < -0.3 is 15.1 Å². The van der Waals surface area contributed by atoms with Crippen molar-refractivity contribution in [1.29, 1.82) is 0 Å². The summed E-state index contributed by atoms with van der Waals surface area (Å²) in [7, 11) is 3.73. The number of hydrogen-bond acceptors (Lipinski definition) is 6. The number of benzene rings is 1. The molecule has 1 saturated heterocycles. The minimum atomic E-state index is -4.99. The monoisotopic (exact) mass is 493 g/mol. The molecular weight excluding hydrogens is 470 g/mol. The van der Waals surface area contributed by atoms with E-state index in [9.17, 15) is 27.2 Å². The highest BCUT2D eigenvalue weighted by Gasteiger charge is 2.35. The van der Waals surface area contributed by atoms with E-state index in [1.165, 1.54) is 0 Å².